The molecule has 2 atom stereocenters. The van der Waals surface area contributed by atoms with E-state index < -0.39 is 15.3 Å². The topological polar surface area (TPSA) is 54.4 Å². The van der Waals surface area contributed by atoms with E-state index >= 15 is 0 Å². The summed E-state index contributed by atoms with van der Waals surface area (Å²) in [6.45, 7) is 3.68. The Bertz CT molecular complexity index is 348. The number of thiol groups is 3. The summed E-state index contributed by atoms with van der Waals surface area (Å²) in [5.74, 6) is -1.02. The van der Waals surface area contributed by atoms with Gasteiger partial charge in [-0.2, -0.15) is 37.9 Å². The van der Waals surface area contributed by atoms with Gasteiger partial charge >= 0.3 is 5.97 Å². The van der Waals surface area contributed by atoms with Crippen molar-refractivity contribution >= 4 is 60.7 Å². The van der Waals surface area contributed by atoms with E-state index in [1.165, 1.54) is 39.0 Å². The molecule has 2 unspecified atom stereocenters. The van der Waals surface area contributed by atoms with Gasteiger partial charge in [0.15, 0.2) is 0 Å². The van der Waals surface area contributed by atoms with E-state index in [9.17, 15) is 9.59 Å². The second-order valence-electron chi connectivity index (χ2n) is 5.54. The van der Waals surface area contributed by atoms with Crippen LogP contribution in [-0.2, 0) is 9.59 Å². The van der Waals surface area contributed by atoms with Crippen LogP contribution in [0.1, 0.15) is 65.2 Å². The first-order valence-electron chi connectivity index (χ1n) is 7.80. The van der Waals surface area contributed by atoms with Crippen LogP contribution in [0.25, 0.3) is 0 Å². The Morgan fingerprint density at radius 2 is 1.59 bits per heavy atom. The zero-order valence-corrected chi connectivity index (χ0v) is 16.8. The number of aliphatic carboxylic acids is 1. The van der Waals surface area contributed by atoms with E-state index in [0.29, 0.717) is 0 Å². The first-order chi connectivity index (χ1) is 10.2. The zero-order chi connectivity index (χ0) is 17.2. The average molecular weight is 385 g/mol. The van der Waals surface area contributed by atoms with Crippen LogP contribution in [0.3, 0.4) is 0 Å². The fourth-order valence-electron chi connectivity index (χ4n) is 1.93. The van der Waals surface area contributed by atoms with E-state index in [1.807, 2.05) is 0 Å². The molecule has 22 heavy (non-hydrogen) atoms. The minimum Gasteiger partial charge on any atom is -0.480 e. The molecule has 7 heteroatoms. The monoisotopic (exact) mass is 384 g/mol. The number of carbonyl (C=O) groups excluding carboxylic acids is 1. The van der Waals surface area contributed by atoms with Crippen LogP contribution in [0.4, 0.5) is 0 Å². The van der Waals surface area contributed by atoms with E-state index in [-0.39, 0.29) is 10.4 Å². The summed E-state index contributed by atoms with van der Waals surface area (Å²) in [4.78, 5) is 22.9. The Morgan fingerprint density at radius 1 is 1.09 bits per heavy atom. The molecule has 0 aromatic heterocycles. The Labute approximate surface area is 155 Å². The molecule has 0 aliphatic rings. The van der Waals surface area contributed by atoms with Gasteiger partial charge in [-0.15, -0.1) is 0 Å². The summed E-state index contributed by atoms with van der Waals surface area (Å²) in [5.41, 5.74) is 0. The van der Waals surface area contributed by atoms with Crippen molar-refractivity contribution in [2.45, 2.75) is 79.8 Å². The molecule has 1 N–H and O–H groups in total. The normalized spacial score (nSPS) is 14.6. The number of unbranched alkanes of at least 4 members (excludes halogenated alkanes) is 6. The SMILES string of the molecule is CCCCCCCCCC(S)C(S)(S)C(=O)SC(C)C(=O)O. The fourth-order valence-corrected chi connectivity index (χ4v) is 3.63. The van der Waals surface area contributed by atoms with Gasteiger partial charge in [0.25, 0.3) is 0 Å². The van der Waals surface area contributed by atoms with Crippen LogP contribution >= 0.6 is 49.6 Å². The number of hydrogen-bond donors (Lipinski definition) is 4. The Hall–Kier alpha value is 0.540. The molecule has 0 aliphatic heterocycles. The van der Waals surface area contributed by atoms with Crippen LogP contribution in [0.5, 0.6) is 0 Å². The molecule has 3 nitrogen and oxygen atoms in total. The smallest absolute Gasteiger partial charge is 0.316 e. The Balaban J connectivity index is 4.08. The number of hydrogen-bond acceptors (Lipinski definition) is 6. The molecule has 130 valence electrons. The highest BCUT2D eigenvalue weighted by atomic mass is 32.2. The highest BCUT2D eigenvalue weighted by Crippen LogP contribution is 2.37. The van der Waals surface area contributed by atoms with Crippen molar-refractivity contribution in [3.05, 3.63) is 0 Å². The van der Waals surface area contributed by atoms with Crippen molar-refractivity contribution in [1.82, 2.24) is 0 Å². The molecular weight excluding hydrogens is 356 g/mol. The predicted molar refractivity (Wildman–Crippen MR) is 106 cm³/mol. The highest BCUT2D eigenvalue weighted by Gasteiger charge is 2.38. The molecule has 0 saturated heterocycles. The maximum Gasteiger partial charge on any atom is 0.316 e. The fraction of sp³-hybridized carbons (Fsp3) is 0.867. The molecule has 0 aliphatic carbocycles. The van der Waals surface area contributed by atoms with E-state index in [0.717, 1.165) is 31.0 Å². The molecular formula is C15H28O3S4. The van der Waals surface area contributed by atoms with Gasteiger partial charge < -0.3 is 5.11 Å². The van der Waals surface area contributed by atoms with Gasteiger partial charge in [-0.1, -0.05) is 63.6 Å². The zero-order valence-electron chi connectivity index (χ0n) is 13.3. The van der Waals surface area contributed by atoms with Crippen LogP contribution in [0.15, 0.2) is 0 Å². The van der Waals surface area contributed by atoms with Gasteiger partial charge in [-0.3, -0.25) is 9.59 Å². The number of carboxylic acids is 1. The third kappa shape index (κ3) is 8.99. The van der Waals surface area contributed by atoms with Gasteiger partial charge in [0, 0.05) is 5.25 Å². The van der Waals surface area contributed by atoms with Crippen molar-refractivity contribution < 1.29 is 14.7 Å². The number of thioether (sulfide) groups is 1. The third-order valence-corrected chi connectivity index (χ3v) is 6.95. The first kappa shape index (κ1) is 22.5. The van der Waals surface area contributed by atoms with Crippen molar-refractivity contribution in [2.24, 2.45) is 0 Å². The van der Waals surface area contributed by atoms with E-state index in [1.54, 1.807) is 0 Å². The lowest BCUT2D eigenvalue weighted by Gasteiger charge is -2.27. The lowest BCUT2D eigenvalue weighted by atomic mass is 10.1. The maximum atomic E-state index is 12.1. The molecule has 0 spiro atoms. The van der Waals surface area contributed by atoms with Crippen molar-refractivity contribution in [3.8, 4) is 0 Å². The lowest BCUT2D eigenvalue weighted by Crippen LogP contribution is -2.36. The molecule has 0 fully saturated rings. The average Bonchev–Trinajstić information content (AvgIpc) is 2.45. The molecule has 0 amide bonds. The van der Waals surface area contributed by atoms with Crippen LogP contribution < -0.4 is 0 Å². The van der Waals surface area contributed by atoms with Crippen molar-refractivity contribution in [2.75, 3.05) is 0 Å². The minimum atomic E-state index is -1.21. The summed E-state index contributed by atoms with van der Waals surface area (Å²) in [6, 6.07) is 0. The van der Waals surface area contributed by atoms with Gasteiger partial charge in [0.1, 0.15) is 9.33 Å². The number of carbonyl (C=O) groups is 2. The highest BCUT2D eigenvalue weighted by molar-refractivity contribution is 8.19. The standard InChI is InChI=1S/C15H28O3S4/c1-3-4-5-6-7-8-9-10-12(19)15(20,21)14(18)22-11(2)13(16)17/h11-12,19-21H,3-10H2,1-2H3,(H,16,17). The predicted octanol–water partition coefficient (Wildman–Crippen LogP) is 4.71. The summed E-state index contributed by atoms with van der Waals surface area (Å²) >= 11 is 13.8. The van der Waals surface area contributed by atoms with Crippen LogP contribution in [0, 0.1) is 0 Å². The Morgan fingerprint density at radius 3 is 2.09 bits per heavy atom. The van der Waals surface area contributed by atoms with Crippen LogP contribution in [0.2, 0.25) is 0 Å². The summed E-state index contributed by atoms with van der Waals surface area (Å²) in [5, 5.41) is 7.41. The lowest BCUT2D eigenvalue weighted by molar-refractivity contribution is -0.136. The number of carboxylic acid groups (broad SMARTS) is 1. The molecule has 0 saturated carbocycles. The van der Waals surface area contributed by atoms with E-state index in [4.69, 9.17) is 5.11 Å². The molecule has 0 rings (SSSR count). The maximum absolute atomic E-state index is 12.1. The molecule has 0 radical (unpaired) electrons. The summed E-state index contributed by atoms with van der Waals surface area (Å²) in [6.07, 6.45) is 9.12. The molecule has 0 aromatic rings. The van der Waals surface area contributed by atoms with Gasteiger partial charge in [0.2, 0.25) is 5.12 Å². The number of rotatable bonds is 12. The van der Waals surface area contributed by atoms with Crippen molar-refractivity contribution in [1.29, 1.82) is 0 Å². The van der Waals surface area contributed by atoms with E-state index in [2.05, 4.69) is 44.8 Å². The van der Waals surface area contributed by atoms with Gasteiger partial charge in [0.05, 0.1) is 0 Å². The quantitative estimate of drug-likeness (QED) is 0.223. The second-order valence-corrected chi connectivity index (χ2v) is 9.24. The molecule has 0 aromatic carbocycles. The van der Waals surface area contributed by atoms with Crippen molar-refractivity contribution in [3.63, 3.8) is 0 Å². The molecule has 0 bridgehead atoms. The largest absolute Gasteiger partial charge is 0.480 e. The Kier molecular flexibility index (Phi) is 12.3. The van der Waals surface area contributed by atoms with Gasteiger partial charge in [-0.05, 0) is 13.3 Å². The van der Waals surface area contributed by atoms with Crippen LogP contribution in [-0.4, -0.2) is 30.8 Å². The van der Waals surface area contributed by atoms with Gasteiger partial charge in [-0.25, -0.2) is 0 Å². The summed E-state index contributed by atoms with van der Waals surface area (Å²) < 4.78 is -1.21. The minimum absolute atomic E-state index is 0.296. The summed E-state index contributed by atoms with van der Waals surface area (Å²) in [7, 11) is 0. The second kappa shape index (κ2) is 12.0. The molecule has 0 heterocycles. The first-order valence-corrected chi connectivity index (χ1v) is 10.1. The third-order valence-electron chi connectivity index (χ3n) is 3.48.